The highest BCUT2D eigenvalue weighted by Crippen LogP contribution is 2.41. The number of aryl methyl sites for hydroxylation is 1. The molecule has 27 heavy (non-hydrogen) atoms. The number of nitrogens with zero attached hydrogens (tertiary/aromatic N) is 3. The first-order valence-electron chi connectivity index (χ1n) is 9.81. The summed E-state index contributed by atoms with van der Waals surface area (Å²) in [6.07, 6.45) is 9.07. The number of carboxylic acids is 1. The first kappa shape index (κ1) is 18.6. The summed E-state index contributed by atoms with van der Waals surface area (Å²) in [4.78, 5) is 24.7. The van der Waals surface area contributed by atoms with Gasteiger partial charge in [0.25, 0.3) is 0 Å². The summed E-state index contributed by atoms with van der Waals surface area (Å²) >= 11 is 1.72. The van der Waals surface area contributed by atoms with Crippen LogP contribution in [0.2, 0.25) is 0 Å². The van der Waals surface area contributed by atoms with Crippen molar-refractivity contribution in [2.75, 3.05) is 14.1 Å². The van der Waals surface area contributed by atoms with E-state index in [0.717, 1.165) is 55.2 Å². The molecule has 0 radical (unpaired) electrons. The van der Waals surface area contributed by atoms with Crippen molar-refractivity contribution < 1.29 is 14.6 Å². The van der Waals surface area contributed by atoms with Crippen molar-refractivity contribution in [3.8, 4) is 5.88 Å². The quantitative estimate of drug-likeness (QED) is 0.843. The highest BCUT2D eigenvalue weighted by Gasteiger charge is 2.29. The summed E-state index contributed by atoms with van der Waals surface area (Å²) in [5, 5.41) is 10.2. The summed E-state index contributed by atoms with van der Waals surface area (Å²) < 4.78 is 6.36. The van der Waals surface area contributed by atoms with Crippen molar-refractivity contribution >= 4 is 27.5 Å². The van der Waals surface area contributed by atoms with Gasteiger partial charge in [0.05, 0.1) is 5.39 Å². The van der Waals surface area contributed by atoms with Gasteiger partial charge in [0.15, 0.2) is 0 Å². The average Bonchev–Trinajstić information content (AvgIpc) is 3.00. The van der Waals surface area contributed by atoms with Crippen LogP contribution in [0.15, 0.2) is 6.33 Å². The van der Waals surface area contributed by atoms with Gasteiger partial charge in [-0.25, -0.2) is 9.97 Å². The fourth-order valence-corrected chi connectivity index (χ4v) is 5.67. The summed E-state index contributed by atoms with van der Waals surface area (Å²) in [5.41, 5.74) is 1.23. The fraction of sp³-hybridized carbons (Fsp3) is 0.650. The standard InChI is InChI=1S/C20H27N3O3S/c1-23(2)13-4-6-14(7-5-13)26-19-18-15-9-12(10-17(24)25)3-8-16(15)27-20(18)22-11-21-19/h11-14H,3-10H2,1-2H3,(H,24,25)/t12-,13-,14-/m0/s1. The topological polar surface area (TPSA) is 75.5 Å². The largest absolute Gasteiger partial charge is 0.481 e. The Morgan fingerprint density at radius 2 is 2.04 bits per heavy atom. The lowest BCUT2D eigenvalue weighted by atomic mass is 9.85. The van der Waals surface area contributed by atoms with Gasteiger partial charge in [-0.3, -0.25) is 4.79 Å². The van der Waals surface area contributed by atoms with Gasteiger partial charge in [0.2, 0.25) is 5.88 Å². The van der Waals surface area contributed by atoms with Crippen LogP contribution in [0, 0.1) is 5.92 Å². The number of carbonyl (C=O) groups is 1. The lowest BCUT2D eigenvalue weighted by Gasteiger charge is -2.32. The zero-order valence-corrected chi connectivity index (χ0v) is 16.8. The molecule has 4 rings (SSSR count). The molecule has 2 aromatic rings. The van der Waals surface area contributed by atoms with Gasteiger partial charge in [-0.05, 0) is 70.5 Å². The zero-order valence-electron chi connectivity index (χ0n) is 16.0. The first-order valence-corrected chi connectivity index (χ1v) is 10.6. The van der Waals surface area contributed by atoms with E-state index in [1.165, 1.54) is 10.4 Å². The number of ether oxygens (including phenoxy) is 1. The number of fused-ring (bicyclic) bond motifs is 3. The molecule has 1 atom stereocenters. The molecule has 2 aromatic heterocycles. The van der Waals surface area contributed by atoms with Crippen LogP contribution in [0.3, 0.4) is 0 Å². The molecule has 0 spiro atoms. The number of thiophene rings is 1. The fourth-order valence-electron chi connectivity index (χ4n) is 4.50. The summed E-state index contributed by atoms with van der Waals surface area (Å²) in [5.74, 6) is 0.173. The molecular formula is C20H27N3O3S. The average molecular weight is 390 g/mol. The molecule has 2 heterocycles. The maximum absolute atomic E-state index is 11.1. The van der Waals surface area contributed by atoms with Gasteiger partial charge in [0.1, 0.15) is 17.3 Å². The number of hydrogen-bond donors (Lipinski definition) is 1. The Bertz CT molecular complexity index is 827. The molecular weight excluding hydrogens is 362 g/mol. The van der Waals surface area contributed by atoms with Gasteiger partial charge in [-0.1, -0.05) is 0 Å². The lowest BCUT2D eigenvalue weighted by molar-refractivity contribution is -0.138. The number of hydrogen-bond acceptors (Lipinski definition) is 6. The number of aromatic nitrogens is 2. The first-order chi connectivity index (χ1) is 13.0. The van der Waals surface area contributed by atoms with Crippen LogP contribution in [-0.4, -0.2) is 52.2 Å². The smallest absolute Gasteiger partial charge is 0.303 e. The van der Waals surface area contributed by atoms with Crippen molar-refractivity contribution in [2.45, 2.75) is 63.5 Å². The van der Waals surface area contributed by atoms with Crippen LogP contribution in [0.25, 0.3) is 10.2 Å². The summed E-state index contributed by atoms with van der Waals surface area (Å²) in [6, 6.07) is 0.640. The minimum atomic E-state index is -0.714. The lowest BCUT2D eigenvalue weighted by Crippen LogP contribution is -2.35. The number of rotatable bonds is 5. The van der Waals surface area contributed by atoms with Crippen molar-refractivity contribution in [2.24, 2.45) is 5.92 Å². The van der Waals surface area contributed by atoms with E-state index >= 15 is 0 Å². The third kappa shape index (κ3) is 3.94. The molecule has 2 aliphatic carbocycles. The SMILES string of the molecule is CN(C)[C@H]1CC[C@H](Oc2ncnc3sc4c(c23)C[C@@H](CC(=O)O)CC4)CC1. The molecule has 7 heteroatoms. The van der Waals surface area contributed by atoms with Crippen molar-refractivity contribution in [3.05, 3.63) is 16.8 Å². The second-order valence-electron chi connectivity index (χ2n) is 8.08. The van der Waals surface area contributed by atoms with Crippen LogP contribution in [0.4, 0.5) is 0 Å². The molecule has 1 saturated carbocycles. The van der Waals surface area contributed by atoms with E-state index in [9.17, 15) is 4.79 Å². The minimum absolute atomic E-state index is 0.191. The molecule has 0 bridgehead atoms. The Balaban J connectivity index is 1.56. The molecule has 0 amide bonds. The van der Waals surface area contributed by atoms with E-state index in [2.05, 4.69) is 29.0 Å². The zero-order chi connectivity index (χ0) is 19.0. The highest BCUT2D eigenvalue weighted by molar-refractivity contribution is 7.18. The Morgan fingerprint density at radius 3 is 2.74 bits per heavy atom. The highest BCUT2D eigenvalue weighted by atomic mass is 32.1. The monoisotopic (exact) mass is 389 g/mol. The van der Waals surface area contributed by atoms with E-state index < -0.39 is 5.97 Å². The predicted octanol–water partition coefficient (Wildman–Crippen LogP) is 3.52. The van der Waals surface area contributed by atoms with Gasteiger partial charge < -0.3 is 14.7 Å². The molecule has 1 N–H and O–H groups in total. The van der Waals surface area contributed by atoms with Crippen LogP contribution in [-0.2, 0) is 17.6 Å². The predicted molar refractivity (Wildman–Crippen MR) is 106 cm³/mol. The Labute approximate surface area is 163 Å². The van der Waals surface area contributed by atoms with Crippen molar-refractivity contribution in [3.63, 3.8) is 0 Å². The Kier molecular flexibility index (Phi) is 5.32. The van der Waals surface area contributed by atoms with Crippen LogP contribution >= 0.6 is 11.3 Å². The second-order valence-corrected chi connectivity index (χ2v) is 9.17. The number of carboxylic acid groups (broad SMARTS) is 1. The van der Waals surface area contributed by atoms with Crippen LogP contribution < -0.4 is 4.74 Å². The van der Waals surface area contributed by atoms with Crippen LogP contribution in [0.5, 0.6) is 5.88 Å². The molecule has 1 fully saturated rings. The third-order valence-corrected chi connectivity index (χ3v) is 7.22. The van der Waals surface area contributed by atoms with E-state index in [1.807, 2.05) is 0 Å². The van der Waals surface area contributed by atoms with E-state index in [1.54, 1.807) is 17.7 Å². The molecule has 0 unspecified atom stereocenters. The van der Waals surface area contributed by atoms with Crippen molar-refractivity contribution in [1.29, 1.82) is 0 Å². The molecule has 0 saturated heterocycles. The van der Waals surface area contributed by atoms with Gasteiger partial charge in [0, 0.05) is 17.3 Å². The van der Waals surface area contributed by atoms with Gasteiger partial charge in [-0.2, -0.15) is 0 Å². The minimum Gasteiger partial charge on any atom is -0.481 e. The molecule has 2 aliphatic rings. The van der Waals surface area contributed by atoms with E-state index in [-0.39, 0.29) is 18.4 Å². The third-order valence-electron chi connectivity index (χ3n) is 6.02. The molecule has 0 aliphatic heterocycles. The van der Waals surface area contributed by atoms with E-state index in [0.29, 0.717) is 11.9 Å². The summed E-state index contributed by atoms with van der Waals surface area (Å²) in [6.45, 7) is 0. The Morgan fingerprint density at radius 1 is 1.26 bits per heavy atom. The maximum atomic E-state index is 11.1. The summed E-state index contributed by atoms with van der Waals surface area (Å²) in [7, 11) is 4.29. The normalized spacial score (nSPS) is 25.5. The molecule has 146 valence electrons. The maximum Gasteiger partial charge on any atom is 0.303 e. The van der Waals surface area contributed by atoms with E-state index in [4.69, 9.17) is 9.84 Å². The van der Waals surface area contributed by atoms with Gasteiger partial charge >= 0.3 is 5.97 Å². The molecule has 6 nitrogen and oxygen atoms in total. The second kappa shape index (κ2) is 7.72. The number of aliphatic carboxylic acids is 1. The molecule has 0 aromatic carbocycles. The van der Waals surface area contributed by atoms with Gasteiger partial charge in [-0.15, -0.1) is 11.3 Å². The van der Waals surface area contributed by atoms with Crippen LogP contribution in [0.1, 0.15) is 49.0 Å². The van der Waals surface area contributed by atoms with Crippen molar-refractivity contribution in [1.82, 2.24) is 14.9 Å². The Hall–Kier alpha value is -1.73.